The molecule has 2 aliphatic heterocycles. The second-order valence-corrected chi connectivity index (χ2v) is 5.31. The highest BCUT2D eigenvalue weighted by Gasteiger charge is 2.29. The summed E-state index contributed by atoms with van der Waals surface area (Å²) in [6.45, 7) is 8.25. The maximum atomic E-state index is 5.79. The second-order valence-electron chi connectivity index (χ2n) is 5.31. The molecule has 2 fully saturated rings. The molecule has 2 unspecified atom stereocenters. The van der Waals surface area contributed by atoms with Crippen LogP contribution in [0.4, 0.5) is 0 Å². The van der Waals surface area contributed by atoms with Gasteiger partial charge < -0.3 is 9.47 Å². The standard InChI is InChI=1S/C11H21NO2/c1-11(2)7-12-10(14-8-11)5-9-3-4-13-6-9/h9-10,12H,3-8H2,1-2H3. The first kappa shape index (κ1) is 10.4. The van der Waals surface area contributed by atoms with E-state index >= 15 is 0 Å². The van der Waals surface area contributed by atoms with E-state index in [4.69, 9.17) is 9.47 Å². The van der Waals surface area contributed by atoms with Gasteiger partial charge >= 0.3 is 0 Å². The highest BCUT2D eigenvalue weighted by Crippen LogP contribution is 2.24. The van der Waals surface area contributed by atoms with Crippen LogP contribution >= 0.6 is 0 Å². The van der Waals surface area contributed by atoms with Crippen molar-refractivity contribution in [2.24, 2.45) is 11.3 Å². The Morgan fingerprint density at radius 3 is 2.86 bits per heavy atom. The monoisotopic (exact) mass is 199 g/mol. The Morgan fingerprint density at radius 2 is 2.29 bits per heavy atom. The van der Waals surface area contributed by atoms with Crippen LogP contribution in [0.2, 0.25) is 0 Å². The maximum absolute atomic E-state index is 5.79. The lowest BCUT2D eigenvalue weighted by molar-refractivity contribution is -0.0674. The molecule has 0 amide bonds. The van der Waals surface area contributed by atoms with Crippen LogP contribution in [0, 0.1) is 11.3 Å². The summed E-state index contributed by atoms with van der Waals surface area (Å²) in [6.07, 6.45) is 2.57. The van der Waals surface area contributed by atoms with Gasteiger partial charge in [-0.2, -0.15) is 0 Å². The first-order valence-electron chi connectivity index (χ1n) is 5.58. The Labute approximate surface area is 86.2 Å². The van der Waals surface area contributed by atoms with E-state index in [1.54, 1.807) is 0 Å². The molecule has 0 aromatic carbocycles. The van der Waals surface area contributed by atoms with Crippen molar-refractivity contribution in [1.29, 1.82) is 0 Å². The highest BCUT2D eigenvalue weighted by molar-refractivity contribution is 4.79. The smallest absolute Gasteiger partial charge is 0.108 e. The third-order valence-corrected chi connectivity index (χ3v) is 3.05. The van der Waals surface area contributed by atoms with Gasteiger partial charge in [-0.25, -0.2) is 0 Å². The molecule has 0 bridgehead atoms. The average Bonchev–Trinajstić information content (AvgIpc) is 2.61. The molecule has 2 aliphatic rings. The van der Waals surface area contributed by atoms with Crippen molar-refractivity contribution in [3.8, 4) is 0 Å². The lowest BCUT2D eigenvalue weighted by Gasteiger charge is -2.36. The minimum atomic E-state index is 0.259. The van der Waals surface area contributed by atoms with E-state index in [0.717, 1.165) is 32.8 Å². The molecule has 3 heteroatoms. The van der Waals surface area contributed by atoms with Crippen LogP contribution in [0.25, 0.3) is 0 Å². The molecule has 2 rings (SSSR count). The van der Waals surface area contributed by atoms with E-state index in [1.165, 1.54) is 6.42 Å². The fourth-order valence-corrected chi connectivity index (χ4v) is 2.05. The Bertz CT molecular complexity index is 178. The van der Waals surface area contributed by atoms with E-state index in [2.05, 4.69) is 19.2 Å². The molecule has 0 aromatic heterocycles. The molecule has 3 nitrogen and oxygen atoms in total. The number of rotatable bonds is 2. The summed E-state index contributed by atoms with van der Waals surface area (Å²) >= 11 is 0. The Kier molecular flexibility index (Phi) is 3.10. The molecule has 2 atom stereocenters. The van der Waals surface area contributed by atoms with Crippen molar-refractivity contribution in [3.63, 3.8) is 0 Å². The van der Waals surface area contributed by atoms with E-state index in [0.29, 0.717) is 11.3 Å². The summed E-state index contributed by atoms with van der Waals surface area (Å²) in [7, 11) is 0. The number of hydrogen-bond donors (Lipinski definition) is 1. The van der Waals surface area contributed by atoms with Gasteiger partial charge in [0.2, 0.25) is 0 Å². The van der Waals surface area contributed by atoms with Gasteiger partial charge in [0, 0.05) is 25.2 Å². The Hall–Kier alpha value is -0.120. The summed E-state index contributed by atoms with van der Waals surface area (Å²) in [5.41, 5.74) is 0.294. The van der Waals surface area contributed by atoms with Gasteiger partial charge in [0.1, 0.15) is 6.23 Å². The molecule has 2 saturated heterocycles. The molecule has 0 radical (unpaired) electrons. The molecule has 0 spiro atoms. The third-order valence-electron chi connectivity index (χ3n) is 3.05. The molecule has 14 heavy (non-hydrogen) atoms. The van der Waals surface area contributed by atoms with Gasteiger partial charge in [0.25, 0.3) is 0 Å². The topological polar surface area (TPSA) is 30.5 Å². The van der Waals surface area contributed by atoms with Crippen LogP contribution < -0.4 is 5.32 Å². The van der Waals surface area contributed by atoms with E-state index < -0.39 is 0 Å². The predicted molar refractivity (Wildman–Crippen MR) is 55.1 cm³/mol. The molecule has 0 aromatic rings. The van der Waals surface area contributed by atoms with Crippen LogP contribution in [0.15, 0.2) is 0 Å². The quantitative estimate of drug-likeness (QED) is 0.729. The number of ether oxygens (including phenoxy) is 2. The molecular formula is C11H21NO2. The zero-order valence-electron chi connectivity index (χ0n) is 9.21. The van der Waals surface area contributed by atoms with Crippen molar-refractivity contribution in [1.82, 2.24) is 5.32 Å². The van der Waals surface area contributed by atoms with Crippen molar-refractivity contribution in [3.05, 3.63) is 0 Å². The minimum Gasteiger partial charge on any atom is -0.381 e. The van der Waals surface area contributed by atoms with Gasteiger partial charge in [-0.3, -0.25) is 5.32 Å². The molecule has 0 aliphatic carbocycles. The van der Waals surface area contributed by atoms with Crippen LogP contribution in [0.5, 0.6) is 0 Å². The average molecular weight is 199 g/mol. The molecular weight excluding hydrogens is 178 g/mol. The van der Waals surface area contributed by atoms with Gasteiger partial charge in [-0.1, -0.05) is 13.8 Å². The minimum absolute atomic E-state index is 0.259. The molecule has 0 saturated carbocycles. The first-order valence-corrected chi connectivity index (χ1v) is 5.58. The van der Waals surface area contributed by atoms with Crippen molar-refractivity contribution in [2.75, 3.05) is 26.4 Å². The van der Waals surface area contributed by atoms with E-state index in [-0.39, 0.29) is 6.23 Å². The normalized spacial score (nSPS) is 37.3. The van der Waals surface area contributed by atoms with Crippen LogP contribution in [-0.4, -0.2) is 32.6 Å². The fourth-order valence-electron chi connectivity index (χ4n) is 2.05. The van der Waals surface area contributed by atoms with E-state index in [9.17, 15) is 0 Å². The summed E-state index contributed by atoms with van der Waals surface area (Å²) in [4.78, 5) is 0. The summed E-state index contributed by atoms with van der Waals surface area (Å²) < 4.78 is 11.1. The highest BCUT2D eigenvalue weighted by atomic mass is 16.5. The van der Waals surface area contributed by atoms with Crippen LogP contribution in [0.1, 0.15) is 26.7 Å². The summed E-state index contributed by atoms with van der Waals surface area (Å²) in [5, 5.41) is 3.46. The second kappa shape index (κ2) is 4.17. The number of hydrogen-bond acceptors (Lipinski definition) is 3. The van der Waals surface area contributed by atoms with Crippen molar-refractivity contribution >= 4 is 0 Å². The Morgan fingerprint density at radius 1 is 1.43 bits per heavy atom. The van der Waals surface area contributed by atoms with Gasteiger partial charge in [-0.05, 0) is 18.8 Å². The zero-order chi connectivity index (χ0) is 10.0. The molecule has 82 valence electrons. The van der Waals surface area contributed by atoms with Crippen LogP contribution in [-0.2, 0) is 9.47 Å². The van der Waals surface area contributed by atoms with Gasteiger partial charge in [-0.15, -0.1) is 0 Å². The summed E-state index contributed by atoms with van der Waals surface area (Å²) in [6, 6.07) is 0. The Balaban J connectivity index is 1.72. The predicted octanol–water partition coefficient (Wildman–Crippen LogP) is 1.39. The largest absolute Gasteiger partial charge is 0.381 e. The van der Waals surface area contributed by atoms with Crippen LogP contribution in [0.3, 0.4) is 0 Å². The fraction of sp³-hybridized carbons (Fsp3) is 1.00. The molecule has 2 heterocycles. The third kappa shape index (κ3) is 2.69. The van der Waals surface area contributed by atoms with E-state index in [1.807, 2.05) is 0 Å². The zero-order valence-corrected chi connectivity index (χ0v) is 9.21. The lowest BCUT2D eigenvalue weighted by atomic mass is 9.92. The van der Waals surface area contributed by atoms with Crippen molar-refractivity contribution in [2.45, 2.75) is 32.9 Å². The number of nitrogens with one attached hydrogen (secondary N) is 1. The maximum Gasteiger partial charge on any atom is 0.108 e. The van der Waals surface area contributed by atoms with Gasteiger partial charge in [0.15, 0.2) is 0 Å². The van der Waals surface area contributed by atoms with Gasteiger partial charge in [0.05, 0.1) is 6.61 Å². The SMILES string of the molecule is CC1(C)CNC(CC2CCOC2)OC1. The molecule has 1 N–H and O–H groups in total. The first-order chi connectivity index (χ1) is 6.66. The van der Waals surface area contributed by atoms with Crippen molar-refractivity contribution < 1.29 is 9.47 Å². The summed E-state index contributed by atoms with van der Waals surface area (Å²) in [5.74, 6) is 0.703. The lowest BCUT2D eigenvalue weighted by Crippen LogP contribution is -2.48.